The highest BCUT2D eigenvalue weighted by Gasteiger charge is 2.18. The van der Waals surface area contributed by atoms with Crippen molar-refractivity contribution in [1.29, 1.82) is 0 Å². The number of aryl methyl sites for hydroxylation is 2. The van der Waals surface area contributed by atoms with Crippen molar-refractivity contribution in [3.63, 3.8) is 0 Å². The first-order chi connectivity index (χ1) is 11.2. The van der Waals surface area contributed by atoms with E-state index in [1.165, 1.54) is 6.07 Å². The van der Waals surface area contributed by atoms with Gasteiger partial charge >= 0.3 is 0 Å². The van der Waals surface area contributed by atoms with Crippen LogP contribution in [0.4, 0.5) is 5.69 Å². The van der Waals surface area contributed by atoms with Gasteiger partial charge in [0.1, 0.15) is 0 Å². The normalized spacial score (nSPS) is 11.3. The average Bonchev–Trinajstić information content (AvgIpc) is 2.49. The van der Waals surface area contributed by atoms with Crippen molar-refractivity contribution < 1.29 is 13.2 Å². The van der Waals surface area contributed by atoms with Crippen LogP contribution in [0.3, 0.4) is 0 Å². The van der Waals surface area contributed by atoms with Gasteiger partial charge in [-0.05, 0) is 37.6 Å². The van der Waals surface area contributed by atoms with Crippen LogP contribution >= 0.6 is 23.2 Å². The van der Waals surface area contributed by atoms with E-state index < -0.39 is 22.5 Å². The Labute approximate surface area is 151 Å². The van der Waals surface area contributed by atoms with E-state index in [-0.39, 0.29) is 20.6 Å². The summed E-state index contributed by atoms with van der Waals surface area (Å²) in [5.41, 5.74) is 1.81. The van der Waals surface area contributed by atoms with Crippen LogP contribution in [0.2, 0.25) is 10.0 Å². The van der Waals surface area contributed by atoms with E-state index in [2.05, 4.69) is 10.0 Å². The minimum atomic E-state index is -3.79. The minimum absolute atomic E-state index is 0.136. The van der Waals surface area contributed by atoms with E-state index in [1.54, 1.807) is 37.3 Å². The van der Waals surface area contributed by atoms with Gasteiger partial charge in [-0.2, -0.15) is 0 Å². The van der Waals surface area contributed by atoms with E-state index >= 15 is 0 Å². The molecule has 0 spiro atoms. The van der Waals surface area contributed by atoms with E-state index in [4.69, 9.17) is 23.2 Å². The lowest BCUT2D eigenvalue weighted by Gasteiger charge is -2.11. The molecule has 0 saturated carbocycles. The van der Waals surface area contributed by atoms with Crippen LogP contribution in [0, 0.1) is 13.8 Å². The predicted octanol–water partition coefficient (Wildman–Crippen LogP) is 3.53. The van der Waals surface area contributed by atoms with Crippen LogP contribution in [0.15, 0.2) is 41.3 Å². The molecule has 2 aromatic carbocycles. The van der Waals surface area contributed by atoms with Crippen molar-refractivity contribution >= 4 is 44.8 Å². The third-order valence-electron chi connectivity index (χ3n) is 3.27. The van der Waals surface area contributed by atoms with Crippen molar-refractivity contribution in [3.8, 4) is 0 Å². The van der Waals surface area contributed by atoms with Crippen LogP contribution in [-0.4, -0.2) is 20.9 Å². The molecule has 0 saturated heterocycles. The third kappa shape index (κ3) is 4.48. The maximum Gasteiger partial charge on any atom is 0.241 e. The maximum atomic E-state index is 12.3. The highest BCUT2D eigenvalue weighted by Crippen LogP contribution is 2.29. The highest BCUT2D eigenvalue weighted by molar-refractivity contribution is 7.89. The number of nitrogens with one attached hydrogen (secondary N) is 2. The number of carbonyl (C=O) groups is 1. The Kier molecular flexibility index (Phi) is 5.87. The third-order valence-corrected chi connectivity index (χ3v) is 5.46. The summed E-state index contributed by atoms with van der Waals surface area (Å²) in [5.74, 6) is -0.571. The summed E-state index contributed by atoms with van der Waals surface area (Å²) in [4.78, 5) is 12.1. The molecule has 2 N–H and O–H groups in total. The molecule has 8 heteroatoms. The lowest BCUT2D eigenvalue weighted by atomic mass is 10.2. The Balaban J connectivity index is 2.08. The predicted molar refractivity (Wildman–Crippen MR) is 96.2 cm³/mol. The number of hydrogen-bond acceptors (Lipinski definition) is 3. The van der Waals surface area contributed by atoms with Crippen LogP contribution in [0.1, 0.15) is 11.1 Å². The van der Waals surface area contributed by atoms with Gasteiger partial charge in [-0.3, -0.25) is 4.79 Å². The van der Waals surface area contributed by atoms with E-state index in [0.717, 1.165) is 5.56 Å². The molecule has 0 heterocycles. The standard InChI is InChI=1S/C16H16Cl2N2O3S/c1-10-6-7-14(11(2)8-10)24(22,23)19-9-15(21)20-16-12(17)4-3-5-13(16)18/h3-8,19H,9H2,1-2H3,(H,20,21). The Hall–Kier alpha value is -1.60. The van der Waals surface area contributed by atoms with Gasteiger partial charge in [-0.25, -0.2) is 13.1 Å². The van der Waals surface area contributed by atoms with Crippen molar-refractivity contribution in [2.75, 3.05) is 11.9 Å². The molecule has 0 atom stereocenters. The van der Waals surface area contributed by atoms with Crippen LogP contribution in [0.25, 0.3) is 0 Å². The number of hydrogen-bond donors (Lipinski definition) is 2. The number of para-hydroxylation sites is 1. The molecule has 2 aromatic rings. The molecule has 1 amide bonds. The fourth-order valence-electron chi connectivity index (χ4n) is 2.14. The Morgan fingerprint density at radius 3 is 2.29 bits per heavy atom. The monoisotopic (exact) mass is 386 g/mol. The van der Waals surface area contributed by atoms with Crippen LogP contribution < -0.4 is 10.0 Å². The second-order valence-corrected chi connectivity index (χ2v) is 7.79. The molecule has 5 nitrogen and oxygen atoms in total. The molecule has 0 unspecified atom stereocenters. The number of anilines is 1. The lowest BCUT2D eigenvalue weighted by molar-refractivity contribution is -0.115. The Morgan fingerprint density at radius 1 is 1.08 bits per heavy atom. The molecule has 2 rings (SSSR count). The number of halogens is 2. The zero-order valence-electron chi connectivity index (χ0n) is 13.1. The number of carbonyl (C=O) groups excluding carboxylic acids is 1. The number of benzene rings is 2. The second-order valence-electron chi connectivity index (χ2n) is 5.24. The molecule has 0 aromatic heterocycles. The fraction of sp³-hybridized carbons (Fsp3) is 0.188. The first-order valence-corrected chi connectivity index (χ1v) is 9.25. The Bertz CT molecular complexity index is 863. The fourth-order valence-corrected chi connectivity index (χ4v) is 3.84. The molecule has 0 fully saturated rings. The molecular formula is C16H16Cl2N2O3S. The highest BCUT2D eigenvalue weighted by atomic mass is 35.5. The Morgan fingerprint density at radius 2 is 1.71 bits per heavy atom. The van der Waals surface area contributed by atoms with E-state index in [9.17, 15) is 13.2 Å². The number of amides is 1. The average molecular weight is 387 g/mol. The molecule has 0 bridgehead atoms. The van der Waals surface area contributed by atoms with E-state index in [0.29, 0.717) is 5.56 Å². The van der Waals surface area contributed by atoms with Crippen LogP contribution in [0.5, 0.6) is 0 Å². The summed E-state index contributed by atoms with van der Waals surface area (Å²) in [5, 5.41) is 3.04. The van der Waals surface area contributed by atoms with Crippen LogP contribution in [-0.2, 0) is 14.8 Å². The molecule has 0 aliphatic heterocycles. The molecule has 128 valence electrons. The van der Waals surface area contributed by atoms with Crippen molar-refractivity contribution in [1.82, 2.24) is 4.72 Å². The summed E-state index contributed by atoms with van der Waals surface area (Å²) < 4.78 is 26.9. The van der Waals surface area contributed by atoms with Gasteiger partial charge in [-0.15, -0.1) is 0 Å². The van der Waals surface area contributed by atoms with Gasteiger partial charge in [0.15, 0.2) is 0 Å². The van der Waals surface area contributed by atoms with Crippen molar-refractivity contribution in [3.05, 3.63) is 57.6 Å². The maximum absolute atomic E-state index is 12.3. The summed E-state index contributed by atoms with van der Waals surface area (Å²) >= 11 is 11.9. The molecule has 0 radical (unpaired) electrons. The largest absolute Gasteiger partial charge is 0.322 e. The minimum Gasteiger partial charge on any atom is -0.322 e. The number of rotatable bonds is 5. The van der Waals surface area contributed by atoms with E-state index in [1.807, 2.05) is 6.92 Å². The van der Waals surface area contributed by atoms with Gasteiger partial charge in [0.05, 0.1) is 27.2 Å². The second kappa shape index (κ2) is 7.53. The molecular weight excluding hydrogens is 371 g/mol. The first-order valence-electron chi connectivity index (χ1n) is 7.01. The van der Waals surface area contributed by atoms with Gasteiger partial charge < -0.3 is 5.32 Å². The number of sulfonamides is 1. The first kappa shape index (κ1) is 18.7. The lowest BCUT2D eigenvalue weighted by Crippen LogP contribution is -2.33. The van der Waals surface area contributed by atoms with Gasteiger partial charge in [0.25, 0.3) is 0 Å². The zero-order chi connectivity index (χ0) is 17.9. The summed E-state index contributed by atoms with van der Waals surface area (Å²) in [6, 6.07) is 9.76. The van der Waals surface area contributed by atoms with Gasteiger partial charge in [0, 0.05) is 0 Å². The summed E-state index contributed by atoms with van der Waals surface area (Å²) in [7, 11) is -3.79. The van der Waals surface area contributed by atoms with Gasteiger partial charge in [-0.1, -0.05) is 47.0 Å². The SMILES string of the molecule is Cc1ccc(S(=O)(=O)NCC(=O)Nc2c(Cl)cccc2Cl)c(C)c1. The quantitative estimate of drug-likeness (QED) is 0.824. The smallest absolute Gasteiger partial charge is 0.241 e. The molecule has 0 aliphatic rings. The van der Waals surface area contributed by atoms with Gasteiger partial charge in [0.2, 0.25) is 15.9 Å². The van der Waals surface area contributed by atoms with Crippen molar-refractivity contribution in [2.45, 2.75) is 18.7 Å². The molecule has 24 heavy (non-hydrogen) atoms. The zero-order valence-corrected chi connectivity index (χ0v) is 15.4. The summed E-state index contributed by atoms with van der Waals surface area (Å²) in [6.45, 7) is 3.14. The van der Waals surface area contributed by atoms with Crippen molar-refractivity contribution in [2.24, 2.45) is 0 Å². The topological polar surface area (TPSA) is 75.3 Å². The summed E-state index contributed by atoms with van der Waals surface area (Å²) in [6.07, 6.45) is 0. The molecule has 0 aliphatic carbocycles.